The fourth-order valence-corrected chi connectivity index (χ4v) is 2.32. The summed E-state index contributed by atoms with van der Waals surface area (Å²) in [6.07, 6.45) is 2.31. The van der Waals surface area contributed by atoms with Crippen LogP contribution in [0.5, 0.6) is 0 Å². The predicted octanol–water partition coefficient (Wildman–Crippen LogP) is 1.55. The summed E-state index contributed by atoms with van der Waals surface area (Å²) in [6.45, 7) is 8.06. The van der Waals surface area contributed by atoms with Crippen molar-refractivity contribution in [2.24, 2.45) is 0 Å². The van der Waals surface area contributed by atoms with E-state index in [1.54, 1.807) is 6.07 Å². The van der Waals surface area contributed by atoms with Crippen LogP contribution in [0.4, 0.5) is 0 Å². The van der Waals surface area contributed by atoms with Crippen molar-refractivity contribution in [2.45, 2.75) is 57.7 Å². The molecule has 0 bridgehead atoms. The van der Waals surface area contributed by atoms with Crippen LogP contribution in [0, 0.1) is 0 Å². The van der Waals surface area contributed by atoms with Gasteiger partial charge in [0.15, 0.2) is 0 Å². The summed E-state index contributed by atoms with van der Waals surface area (Å²) in [5, 5.41) is 0. The fraction of sp³-hybridized carbons (Fsp3) is 0.643. The minimum atomic E-state index is -0.454. The molecule has 2 heterocycles. The molecule has 2 aliphatic rings. The molecule has 4 nitrogen and oxygen atoms in total. The highest BCUT2D eigenvalue weighted by Crippen LogP contribution is 2.39. The van der Waals surface area contributed by atoms with Gasteiger partial charge in [-0.25, -0.2) is 0 Å². The summed E-state index contributed by atoms with van der Waals surface area (Å²) in [5.41, 5.74) is 1.01. The molecule has 0 unspecified atom stereocenters. The molecule has 1 aromatic heterocycles. The van der Waals surface area contributed by atoms with Gasteiger partial charge in [0, 0.05) is 11.8 Å². The maximum atomic E-state index is 11.8. The number of aromatic nitrogens is 1. The normalized spacial score (nSPS) is 24.7. The Morgan fingerprint density at radius 2 is 1.74 bits per heavy atom. The summed E-state index contributed by atoms with van der Waals surface area (Å²) < 4.78 is 12.0. The third-order valence-electron chi connectivity index (χ3n) is 4.43. The maximum Gasteiger partial charge on any atom is 0.495 e. The number of rotatable bonds is 2. The zero-order valence-electron chi connectivity index (χ0n) is 11.9. The molecular weight excluding hydrogens is 241 g/mol. The zero-order valence-corrected chi connectivity index (χ0v) is 11.9. The molecule has 1 saturated carbocycles. The average Bonchev–Trinajstić information content (AvgIpc) is 3.06. The van der Waals surface area contributed by atoms with Crippen LogP contribution >= 0.6 is 0 Å². The third-order valence-corrected chi connectivity index (χ3v) is 4.43. The largest absolute Gasteiger partial charge is 0.495 e. The number of aromatic amines is 1. The summed E-state index contributed by atoms with van der Waals surface area (Å²) in [4.78, 5) is 14.7. The lowest BCUT2D eigenvalue weighted by Crippen LogP contribution is -2.41. The molecule has 1 aromatic rings. The van der Waals surface area contributed by atoms with Crippen molar-refractivity contribution in [3.8, 4) is 0 Å². The lowest BCUT2D eigenvalue weighted by atomic mass is 9.79. The standard InChI is InChI=1S/C14H20BNO3/c1-13(2)14(3,4)19-15(18-13)10-7-11(9-5-6-9)16-12(17)8-10/h7-9H,5-6H2,1-4H3,(H,16,17). The average molecular weight is 261 g/mol. The Kier molecular flexibility index (Phi) is 2.70. The number of hydrogen-bond acceptors (Lipinski definition) is 3. The zero-order chi connectivity index (χ0) is 13.8. The Balaban J connectivity index is 1.93. The number of hydrogen-bond donors (Lipinski definition) is 1. The first-order valence-corrected chi connectivity index (χ1v) is 6.88. The second-order valence-electron chi connectivity index (χ2n) is 6.60. The van der Waals surface area contributed by atoms with Gasteiger partial charge in [-0.3, -0.25) is 4.79 Å². The summed E-state index contributed by atoms with van der Waals surface area (Å²) >= 11 is 0. The van der Waals surface area contributed by atoms with Crippen LogP contribution < -0.4 is 11.0 Å². The first-order valence-electron chi connectivity index (χ1n) is 6.88. The molecule has 1 N–H and O–H groups in total. The molecule has 2 fully saturated rings. The van der Waals surface area contributed by atoms with Crippen molar-refractivity contribution >= 4 is 12.6 Å². The topological polar surface area (TPSA) is 51.3 Å². The lowest BCUT2D eigenvalue weighted by Gasteiger charge is -2.32. The second-order valence-corrected chi connectivity index (χ2v) is 6.60. The van der Waals surface area contributed by atoms with E-state index >= 15 is 0 Å². The van der Waals surface area contributed by atoms with Gasteiger partial charge in [0.05, 0.1) is 11.2 Å². The van der Waals surface area contributed by atoms with Crippen molar-refractivity contribution in [2.75, 3.05) is 0 Å². The Hall–Kier alpha value is -1.07. The van der Waals surface area contributed by atoms with Gasteiger partial charge < -0.3 is 14.3 Å². The minimum Gasteiger partial charge on any atom is -0.399 e. The predicted molar refractivity (Wildman–Crippen MR) is 74.8 cm³/mol. The van der Waals surface area contributed by atoms with Crippen LogP contribution in [0.3, 0.4) is 0 Å². The Morgan fingerprint density at radius 1 is 1.16 bits per heavy atom. The van der Waals surface area contributed by atoms with Crippen LogP contribution in [0.25, 0.3) is 0 Å². The van der Waals surface area contributed by atoms with E-state index in [2.05, 4.69) is 4.98 Å². The van der Waals surface area contributed by atoms with Crippen LogP contribution in [-0.2, 0) is 9.31 Å². The van der Waals surface area contributed by atoms with E-state index in [0.717, 1.165) is 24.0 Å². The third kappa shape index (κ3) is 2.25. The SMILES string of the molecule is CC1(C)OB(c2cc(C3CC3)[nH]c(=O)c2)OC1(C)C. The number of nitrogens with one attached hydrogen (secondary N) is 1. The summed E-state index contributed by atoms with van der Waals surface area (Å²) in [6, 6.07) is 3.59. The van der Waals surface area contributed by atoms with E-state index in [-0.39, 0.29) is 16.8 Å². The van der Waals surface area contributed by atoms with Crippen molar-refractivity contribution in [3.63, 3.8) is 0 Å². The van der Waals surface area contributed by atoms with Gasteiger partial charge in [-0.2, -0.15) is 0 Å². The number of H-pyrrole nitrogens is 1. The molecular formula is C14H20BNO3. The molecule has 0 atom stereocenters. The molecule has 0 radical (unpaired) electrons. The second kappa shape index (κ2) is 3.96. The van der Waals surface area contributed by atoms with Gasteiger partial charge >= 0.3 is 7.12 Å². The maximum absolute atomic E-state index is 11.8. The number of pyridine rings is 1. The molecule has 1 saturated heterocycles. The van der Waals surface area contributed by atoms with Crippen molar-refractivity contribution in [3.05, 3.63) is 28.2 Å². The summed E-state index contributed by atoms with van der Waals surface area (Å²) in [7, 11) is -0.454. The van der Waals surface area contributed by atoms with E-state index in [1.165, 1.54) is 0 Å². The minimum absolute atomic E-state index is 0.0749. The van der Waals surface area contributed by atoms with Crippen LogP contribution in [-0.4, -0.2) is 23.3 Å². The van der Waals surface area contributed by atoms with Gasteiger partial charge in [-0.15, -0.1) is 0 Å². The molecule has 0 aromatic carbocycles. The molecule has 19 heavy (non-hydrogen) atoms. The lowest BCUT2D eigenvalue weighted by molar-refractivity contribution is 0.00578. The Morgan fingerprint density at radius 3 is 2.26 bits per heavy atom. The fourth-order valence-electron chi connectivity index (χ4n) is 2.32. The van der Waals surface area contributed by atoms with E-state index in [0.29, 0.717) is 5.92 Å². The molecule has 102 valence electrons. The van der Waals surface area contributed by atoms with Gasteiger partial charge in [0.1, 0.15) is 0 Å². The van der Waals surface area contributed by atoms with E-state index < -0.39 is 7.12 Å². The van der Waals surface area contributed by atoms with Crippen LogP contribution in [0.15, 0.2) is 16.9 Å². The highest BCUT2D eigenvalue weighted by atomic mass is 16.7. The van der Waals surface area contributed by atoms with E-state index in [1.807, 2.05) is 33.8 Å². The van der Waals surface area contributed by atoms with Crippen molar-refractivity contribution in [1.29, 1.82) is 0 Å². The van der Waals surface area contributed by atoms with Gasteiger partial charge in [0.2, 0.25) is 5.56 Å². The van der Waals surface area contributed by atoms with Gasteiger partial charge in [-0.05, 0) is 58.0 Å². The molecule has 1 aliphatic heterocycles. The first kappa shape index (κ1) is 12.9. The Bertz CT molecular complexity index is 544. The van der Waals surface area contributed by atoms with Crippen LogP contribution in [0.1, 0.15) is 52.1 Å². The van der Waals surface area contributed by atoms with Crippen LogP contribution in [0.2, 0.25) is 0 Å². The van der Waals surface area contributed by atoms with E-state index in [4.69, 9.17) is 9.31 Å². The molecule has 5 heteroatoms. The highest BCUT2D eigenvalue weighted by molar-refractivity contribution is 6.62. The highest BCUT2D eigenvalue weighted by Gasteiger charge is 2.51. The first-order chi connectivity index (χ1) is 8.78. The molecule has 3 rings (SSSR count). The molecule has 0 spiro atoms. The van der Waals surface area contributed by atoms with Gasteiger partial charge in [0.25, 0.3) is 0 Å². The quantitative estimate of drug-likeness (QED) is 0.822. The van der Waals surface area contributed by atoms with Crippen molar-refractivity contribution in [1.82, 2.24) is 4.98 Å². The van der Waals surface area contributed by atoms with E-state index in [9.17, 15) is 4.79 Å². The van der Waals surface area contributed by atoms with Crippen molar-refractivity contribution < 1.29 is 9.31 Å². The Labute approximate surface area is 113 Å². The molecule has 0 amide bonds. The monoisotopic (exact) mass is 261 g/mol. The smallest absolute Gasteiger partial charge is 0.399 e. The summed E-state index contributed by atoms with van der Waals surface area (Å²) in [5.74, 6) is 0.509. The van der Waals surface area contributed by atoms with Gasteiger partial charge in [-0.1, -0.05) is 0 Å². The molecule has 1 aliphatic carbocycles.